The van der Waals surface area contributed by atoms with Crippen molar-refractivity contribution >= 4 is 40.1 Å². The van der Waals surface area contributed by atoms with Crippen molar-refractivity contribution in [2.75, 3.05) is 36.9 Å². The monoisotopic (exact) mass is 527 g/mol. The molecule has 0 aliphatic carbocycles. The minimum absolute atomic E-state index is 0.0262. The first-order valence-corrected chi connectivity index (χ1v) is 12.6. The lowest BCUT2D eigenvalue weighted by Gasteiger charge is -2.26. The van der Waals surface area contributed by atoms with E-state index in [0.717, 1.165) is 28.2 Å². The van der Waals surface area contributed by atoms with Gasteiger partial charge in [-0.2, -0.15) is 0 Å². The van der Waals surface area contributed by atoms with Crippen LogP contribution in [-0.2, 0) is 18.4 Å². The topological polar surface area (TPSA) is 141 Å². The Labute approximate surface area is 227 Å². The van der Waals surface area contributed by atoms with Crippen LogP contribution in [0.4, 0.5) is 11.4 Å². The molecule has 0 aliphatic rings. The predicted molar refractivity (Wildman–Crippen MR) is 153 cm³/mol. The smallest absolute Gasteiger partial charge is 0.304 e. The van der Waals surface area contributed by atoms with Crippen LogP contribution in [-0.4, -0.2) is 64.0 Å². The highest BCUT2D eigenvalue weighted by Gasteiger charge is 2.20. The minimum Gasteiger partial charge on any atom is -0.481 e. The van der Waals surface area contributed by atoms with E-state index >= 15 is 0 Å². The van der Waals surface area contributed by atoms with E-state index in [1.165, 1.54) is 0 Å². The largest absolute Gasteiger partial charge is 0.481 e. The van der Waals surface area contributed by atoms with Gasteiger partial charge in [-0.05, 0) is 61.6 Å². The zero-order valence-corrected chi connectivity index (χ0v) is 22.1. The van der Waals surface area contributed by atoms with Gasteiger partial charge in [0.1, 0.15) is 11.7 Å². The average molecular weight is 528 g/mol. The van der Waals surface area contributed by atoms with E-state index in [2.05, 4.69) is 5.32 Å². The van der Waals surface area contributed by atoms with Crippen LogP contribution in [0, 0.1) is 5.41 Å². The van der Waals surface area contributed by atoms with Crippen molar-refractivity contribution in [3.05, 3.63) is 89.7 Å². The number of carbonyl (C=O) groups is 2. The van der Waals surface area contributed by atoms with E-state index in [1.54, 1.807) is 17.0 Å². The van der Waals surface area contributed by atoms with E-state index in [4.69, 9.17) is 21.2 Å². The van der Waals surface area contributed by atoms with Crippen LogP contribution < -0.4 is 16.0 Å². The summed E-state index contributed by atoms with van der Waals surface area (Å²) < 4.78 is 1.99. The fourth-order valence-corrected chi connectivity index (χ4v) is 4.27. The fraction of sp³-hybridized carbons (Fsp3) is 0.241. The van der Waals surface area contributed by atoms with Gasteiger partial charge in [0.2, 0.25) is 0 Å². The van der Waals surface area contributed by atoms with Crippen LogP contribution in [0.15, 0.2) is 72.8 Å². The molecule has 1 heterocycles. The molecular formula is C29H33N7O3. The number of nitrogen functional groups attached to an aromatic ring is 1. The lowest BCUT2D eigenvalue weighted by molar-refractivity contribution is -0.137. The number of aromatic nitrogens is 2. The highest BCUT2D eigenvalue weighted by Crippen LogP contribution is 2.22. The molecule has 0 bridgehead atoms. The van der Waals surface area contributed by atoms with Crippen LogP contribution in [0.2, 0.25) is 0 Å². The summed E-state index contributed by atoms with van der Waals surface area (Å²) in [4.78, 5) is 33.0. The molecule has 1 amide bonds. The average Bonchev–Trinajstić information content (AvgIpc) is 3.26. The Balaban J connectivity index is 1.51. The fourth-order valence-electron chi connectivity index (χ4n) is 4.27. The van der Waals surface area contributed by atoms with Gasteiger partial charge >= 0.3 is 5.97 Å². The molecule has 0 radical (unpaired) electrons. The number of imidazole rings is 1. The van der Waals surface area contributed by atoms with Gasteiger partial charge in [-0.1, -0.05) is 18.2 Å². The normalized spacial score (nSPS) is 11.1. The van der Waals surface area contributed by atoms with E-state index < -0.39 is 5.97 Å². The van der Waals surface area contributed by atoms with Gasteiger partial charge in [0.25, 0.3) is 5.91 Å². The highest BCUT2D eigenvalue weighted by molar-refractivity contribution is 6.07. The van der Waals surface area contributed by atoms with Gasteiger partial charge in [-0.25, -0.2) is 4.98 Å². The molecule has 3 aromatic carbocycles. The molecule has 0 saturated carbocycles. The number of hydrogen-bond donors (Lipinski definition) is 4. The molecule has 39 heavy (non-hydrogen) atoms. The van der Waals surface area contributed by atoms with Crippen molar-refractivity contribution in [3.63, 3.8) is 0 Å². The Morgan fingerprint density at radius 2 is 1.69 bits per heavy atom. The summed E-state index contributed by atoms with van der Waals surface area (Å²) in [5.74, 6) is -0.156. The van der Waals surface area contributed by atoms with E-state index in [1.807, 2.05) is 84.2 Å². The third-order valence-corrected chi connectivity index (χ3v) is 6.59. The summed E-state index contributed by atoms with van der Waals surface area (Å²) >= 11 is 0. The number of fused-ring (bicyclic) bond motifs is 1. The number of amides is 1. The summed E-state index contributed by atoms with van der Waals surface area (Å²) in [6.45, 7) is 1.83. The number of carbonyl (C=O) groups excluding carboxylic acids is 1. The lowest BCUT2D eigenvalue weighted by Crippen LogP contribution is -2.38. The SMILES string of the molecule is CN(CCC(=O)O)CCN(C(=O)c1ccc2c(c1)nc(CNc1ccc(C(=N)N)cc1)n2C)c1ccccc1. The number of nitrogens with one attached hydrogen (secondary N) is 2. The summed E-state index contributed by atoms with van der Waals surface area (Å²) in [6.07, 6.45) is 0.0487. The third-order valence-electron chi connectivity index (χ3n) is 6.59. The van der Waals surface area contributed by atoms with Gasteiger partial charge in [-0.3, -0.25) is 15.0 Å². The number of carboxylic acid groups (broad SMARTS) is 1. The van der Waals surface area contributed by atoms with Crippen LogP contribution in [0.1, 0.15) is 28.2 Å². The standard InChI is InChI=1S/C29H33N7O3/c1-34(15-14-27(37)38)16-17-36(23-6-4-3-5-7-23)29(39)21-10-13-25-24(18-21)33-26(35(25)2)19-32-22-11-8-20(9-12-22)28(30)31/h3-13,18,32H,14-17,19H2,1-2H3,(H3,30,31)(H,37,38). The van der Waals surface area contributed by atoms with Crippen molar-refractivity contribution in [1.29, 1.82) is 5.41 Å². The molecule has 10 heteroatoms. The molecule has 0 spiro atoms. The van der Waals surface area contributed by atoms with Gasteiger partial charge in [-0.15, -0.1) is 0 Å². The zero-order chi connectivity index (χ0) is 27.9. The predicted octanol–water partition coefficient (Wildman–Crippen LogP) is 3.52. The summed E-state index contributed by atoms with van der Waals surface area (Å²) in [5, 5.41) is 19.8. The number of hydrogen-bond acceptors (Lipinski definition) is 6. The molecule has 0 atom stereocenters. The van der Waals surface area contributed by atoms with Crippen LogP contribution in [0.3, 0.4) is 0 Å². The Morgan fingerprint density at radius 3 is 2.36 bits per heavy atom. The van der Waals surface area contributed by atoms with Crippen molar-refractivity contribution in [2.24, 2.45) is 12.8 Å². The number of carboxylic acids is 1. The molecule has 4 rings (SSSR count). The summed E-state index contributed by atoms with van der Waals surface area (Å²) in [7, 11) is 3.79. The van der Waals surface area contributed by atoms with Crippen LogP contribution in [0.5, 0.6) is 0 Å². The van der Waals surface area contributed by atoms with Gasteiger partial charge < -0.3 is 30.5 Å². The first kappa shape index (κ1) is 27.3. The van der Waals surface area contributed by atoms with Crippen molar-refractivity contribution < 1.29 is 14.7 Å². The molecule has 4 aromatic rings. The molecule has 0 fully saturated rings. The number of likely N-dealkylation sites (N-methyl/N-ethyl adjacent to an activating group) is 1. The van der Waals surface area contributed by atoms with E-state index in [9.17, 15) is 9.59 Å². The molecule has 0 saturated heterocycles. The molecule has 10 nitrogen and oxygen atoms in total. The third kappa shape index (κ3) is 6.79. The number of rotatable bonds is 12. The number of nitrogens with two attached hydrogens (primary N) is 1. The summed E-state index contributed by atoms with van der Waals surface area (Å²) in [6, 6.07) is 22.3. The number of benzene rings is 3. The zero-order valence-electron chi connectivity index (χ0n) is 22.1. The number of anilines is 2. The van der Waals surface area contributed by atoms with Gasteiger partial charge in [0.15, 0.2) is 0 Å². The maximum absolute atomic E-state index is 13.7. The number of aryl methyl sites for hydroxylation is 1. The Kier molecular flexibility index (Phi) is 8.57. The first-order valence-electron chi connectivity index (χ1n) is 12.6. The van der Waals surface area contributed by atoms with E-state index in [0.29, 0.717) is 37.3 Å². The maximum atomic E-state index is 13.7. The first-order chi connectivity index (χ1) is 18.7. The quantitative estimate of drug-likeness (QED) is 0.163. The highest BCUT2D eigenvalue weighted by atomic mass is 16.4. The number of nitrogens with zero attached hydrogens (tertiary/aromatic N) is 4. The Bertz CT molecular complexity index is 1470. The Hall–Kier alpha value is -4.70. The number of amidine groups is 1. The van der Waals surface area contributed by atoms with Crippen molar-refractivity contribution in [3.8, 4) is 0 Å². The van der Waals surface area contributed by atoms with Crippen molar-refractivity contribution in [1.82, 2.24) is 14.5 Å². The van der Waals surface area contributed by atoms with Gasteiger partial charge in [0.05, 0.1) is 24.0 Å². The molecule has 0 aliphatic heterocycles. The second-order valence-electron chi connectivity index (χ2n) is 9.37. The lowest BCUT2D eigenvalue weighted by atomic mass is 10.1. The number of aliphatic carboxylic acids is 1. The molecular weight excluding hydrogens is 494 g/mol. The minimum atomic E-state index is -0.845. The summed E-state index contributed by atoms with van der Waals surface area (Å²) in [5.41, 5.74) is 10.0. The van der Waals surface area contributed by atoms with Gasteiger partial charge in [0, 0.05) is 49.2 Å². The van der Waals surface area contributed by atoms with Crippen molar-refractivity contribution in [2.45, 2.75) is 13.0 Å². The second kappa shape index (κ2) is 12.2. The molecule has 1 aromatic heterocycles. The van der Waals surface area contributed by atoms with Crippen LogP contribution in [0.25, 0.3) is 11.0 Å². The van der Waals surface area contributed by atoms with Crippen LogP contribution >= 0.6 is 0 Å². The molecule has 0 unspecified atom stereocenters. The van der Waals surface area contributed by atoms with E-state index in [-0.39, 0.29) is 18.2 Å². The Morgan fingerprint density at radius 1 is 1.00 bits per heavy atom. The molecule has 202 valence electrons. The second-order valence-corrected chi connectivity index (χ2v) is 9.37. The molecule has 5 N–H and O–H groups in total. The maximum Gasteiger partial charge on any atom is 0.304 e. The number of para-hydroxylation sites is 1.